The third-order valence-electron chi connectivity index (χ3n) is 2.68. The van der Waals surface area contributed by atoms with Crippen LogP contribution in [0.4, 0.5) is 4.39 Å². The molecule has 0 aliphatic rings. The van der Waals surface area contributed by atoms with Crippen molar-refractivity contribution in [1.82, 2.24) is 0 Å². The van der Waals surface area contributed by atoms with Crippen molar-refractivity contribution in [3.05, 3.63) is 65.5 Å². The summed E-state index contributed by atoms with van der Waals surface area (Å²) in [5.74, 6) is -0.809. The monoisotopic (exact) mass is 264 g/mol. The summed E-state index contributed by atoms with van der Waals surface area (Å²) >= 11 is 0. The van der Waals surface area contributed by atoms with Crippen molar-refractivity contribution in [2.45, 2.75) is 17.6 Å². The number of benzene rings is 2. The van der Waals surface area contributed by atoms with Crippen LogP contribution in [-0.4, -0.2) is 8.42 Å². The van der Waals surface area contributed by atoms with E-state index in [-0.39, 0.29) is 16.2 Å². The van der Waals surface area contributed by atoms with Gasteiger partial charge in [-0.05, 0) is 25.1 Å². The Labute approximate surface area is 106 Å². The van der Waals surface area contributed by atoms with Gasteiger partial charge in [0.2, 0.25) is 0 Å². The lowest BCUT2D eigenvalue weighted by atomic mass is 10.2. The lowest BCUT2D eigenvalue weighted by Gasteiger charge is -2.06. The van der Waals surface area contributed by atoms with E-state index in [9.17, 15) is 12.8 Å². The first-order chi connectivity index (χ1) is 8.49. The van der Waals surface area contributed by atoms with E-state index >= 15 is 0 Å². The van der Waals surface area contributed by atoms with E-state index in [1.807, 2.05) is 6.92 Å². The molecule has 0 spiro atoms. The van der Waals surface area contributed by atoms with E-state index in [1.165, 1.54) is 18.2 Å². The molecule has 0 heterocycles. The average Bonchev–Trinajstić information content (AvgIpc) is 2.32. The zero-order valence-electron chi connectivity index (χ0n) is 9.93. The SMILES string of the molecule is Cc1ccc(S(=O)(=O)Cc2ccccc2F)cc1. The summed E-state index contributed by atoms with van der Waals surface area (Å²) in [4.78, 5) is 0.219. The first-order valence-corrected chi connectivity index (χ1v) is 7.17. The lowest BCUT2D eigenvalue weighted by molar-refractivity contribution is 0.587. The highest BCUT2D eigenvalue weighted by molar-refractivity contribution is 7.90. The predicted octanol–water partition coefficient (Wildman–Crippen LogP) is 3.11. The van der Waals surface area contributed by atoms with Gasteiger partial charge in [-0.25, -0.2) is 12.8 Å². The molecular formula is C14H13FO2S. The Morgan fingerprint density at radius 2 is 1.61 bits per heavy atom. The molecule has 0 radical (unpaired) electrons. The molecular weight excluding hydrogens is 251 g/mol. The minimum atomic E-state index is -3.49. The molecule has 0 atom stereocenters. The van der Waals surface area contributed by atoms with Crippen LogP contribution in [0.3, 0.4) is 0 Å². The van der Waals surface area contributed by atoms with Crippen molar-refractivity contribution in [3.63, 3.8) is 0 Å². The molecule has 2 rings (SSSR count). The molecule has 0 bridgehead atoms. The number of sulfone groups is 1. The molecule has 2 aromatic carbocycles. The molecule has 0 aliphatic heterocycles. The molecule has 0 unspecified atom stereocenters. The van der Waals surface area contributed by atoms with Crippen molar-refractivity contribution < 1.29 is 12.8 Å². The summed E-state index contributed by atoms with van der Waals surface area (Å²) in [6.07, 6.45) is 0. The minimum absolute atomic E-state index is 0.193. The Hall–Kier alpha value is -1.68. The first-order valence-electron chi connectivity index (χ1n) is 5.52. The van der Waals surface area contributed by atoms with Crippen molar-refractivity contribution in [2.24, 2.45) is 0 Å². The maximum absolute atomic E-state index is 13.4. The highest BCUT2D eigenvalue weighted by atomic mass is 32.2. The van der Waals surface area contributed by atoms with E-state index in [0.29, 0.717) is 0 Å². The fourth-order valence-electron chi connectivity index (χ4n) is 1.65. The Kier molecular flexibility index (Phi) is 3.48. The minimum Gasteiger partial charge on any atom is -0.223 e. The van der Waals surface area contributed by atoms with Crippen LogP contribution >= 0.6 is 0 Å². The predicted molar refractivity (Wildman–Crippen MR) is 68.5 cm³/mol. The number of halogens is 1. The highest BCUT2D eigenvalue weighted by Crippen LogP contribution is 2.18. The van der Waals surface area contributed by atoms with Gasteiger partial charge >= 0.3 is 0 Å². The van der Waals surface area contributed by atoms with E-state index < -0.39 is 15.7 Å². The zero-order chi connectivity index (χ0) is 13.2. The van der Waals surface area contributed by atoms with Gasteiger partial charge < -0.3 is 0 Å². The smallest absolute Gasteiger partial charge is 0.182 e. The Balaban J connectivity index is 2.33. The standard InChI is InChI=1S/C14H13FO2S/c1-11-6-8-13(9-7-11)18(16,17)10-12-4-2-3-5-14(12)15/h2-9H,10H2,1H3. The number of rotatable bonds is 3. The fourth-order valence-corrected chi connectivity index (χ4v) is 3.01. The van der Waals surface area contributed by atoms with Gasteiger partial charge in [0.05, 0.1) is 10.6 Å². The van der Waals surface area contributed by atoms with Crippen LogP contribution in [0.25, 0.3) is 0 Å². The average molecular weight is 264 g/mol. The van der Waals surface area contributed by atoms with Gasteiger partial charge in [-0.15, -0.1) is 0 Å². The molecule has 0 fully saturated rings. The van der Waals surface area contributed by atoms with Gasteiger partial charge in [0.15, 0.2) is 9.84 Å². The third-order valence-corrected chi connectivity index (χ3v) is 4.36. The second-order valence-corrected chi connectivity index (χ2v) is 6.15. The van der Waals surface area contributed by atoms with Crippen molar-refractivity contribution in [3.8, 4) is 0 Å². The second-order valence-electron chi connectivity index (χ2n) is 4.16. The quantitative estimate of drug-likeness (QED) is 0.853. The van der Waals surface area contributed by atoms with Gasteiger partial charge in [-0.1, -0.05) is 35.9 Å². The lowest BCUT2D eigenvalue weighted by Crippen LogP contribution is -2.06. The van der Waals surface area contributed by atoms with Crippen molar-refractivity contribution in [1.29, 1.82) is 0 Å². The zero-order valence-corrected chi connectivity index (χ0v) is 10.7. The molecule has 2 aromatic rings. The number of aryl methyl sites for hydroxylation is 1. The van der Waals surface area contributed by atoms with Crippen LogP contribution in [0.2, 0.25) is 0 Å². The molecule has 2 nitrogen and oxygen atoms in total. The molecule has 4 heteroatoms. The van der Waals surface area contributed by atoms with Crippen LogP contribution in [-0.2, 0) is 15.6 Å². The van der Waals surface area contributed by atoms with Crippen molar-refractivity contribution in [2.75, 3.05) is 0 Å². The maximum Gasteiger partial charge on any atom is 0.182 e. The number of hydrogen-bond acceptors (Lipinski definition) is 2. The molecule has 94 valence electrons. The van der Waals surface area contributed by atoms with E-state index in [4.69, 9.17) is 0 Å². The van der Waals surface area contributed by atoms with Crippen LogP contribution in [0, 0.1) is 12.7 Å². The first kappa shape index (κ1) is 12.8. The van der Waals surface area contributed by atoms with E-state index in [1.54, 1.807) is 30.3 Å². The summed E-state index contributed by atoms with van der Waals surface area (Å²) < 4.78 is 37.6. The summed E-state index contributed by atoms with van der Waals surface area (Å²) in [5.41, 5.74) is 1.18. The summed E-state index contributed by atoms with van der Waals surface area (Å²) in [7, 11) is -3.49. The van der Waals surface area contributed by atoms with Gasteiger partial charge in [0.25, 0.3) is 0 Å². The van der Waals surface area contributed by atoms with Crippen LogP contribution < -0.4 is 0 Å². The van der Waals surface area contributed by atoms with E-state index in [2.05, 4.69) is 0 Å². The van der Waals surface area contributed by atoms with Crippen molar-refractivity contribution >= 4 is 9.84 Å². The molecule has 0 aromatic heterocycles. The number of hydrogen-bond donors (Lipinski definition) is 0. The van der Waals surface area contributed by atoms with Crippen LogP contribution in [0.1, 0.15) is 11.1 Å². The molecule has 0 N–H and O–H groups in total. The maximum atomic E-state index is 13.4. The van der Waals surface area contributed by atoms with Gasteiger partial charge in [-0.3, -0.25) is 0 Å². The molecule has 0 saturated carbocycles. The molecule has 18 heavy (non-hydrogen) atoms. The topological polar surface area (TPSA) is 34.1 Å². The Bertz CT molecular complexity index is 646. The fraction of sp³-hybridized carbons (Fsp3) is 0.143. The normalized spacial score (nSPS) is 11.4. The second kappa shape index (κ2) is 4.90. The Morgan fingerprint density at radius 3 is 2.22 bits per heavy atom. The largest absolute Gasteiger partial charge is 0.223 e. The molecule has 0 amide bonds. The summed E-state index contributed by atoms with van der Waals surface area (Å²) in [6.45, 7) is 1.88. The van der Waals surface area contributed by atoms with E-state index in [0.717, 1.165) is 5.56 Å². The molecule has 0 saturated heterocycles. The van der Waals surface area contributed by atoms with Crippen LogP contribution in [0.5, 0.6) is 0 Å². The highest BCUT2D eigenvalue weighted by Gasteiger charge is 2.16. The van der Waals surface area contributed by atoms with Gasteiger partial charge in [0.1, 0.15) is 5.82 Å². The summed E-state index contributed by atoms with van der Waals surface area (Å²) in [6, 6.07) is 12.5. The summed E-state index contributed by atoms with van der Waals surface area (Å²) in [5, 5.41) is 0. The van der Waals surface area contributed by atoms with Gasteiger partial charge in [0, 0.05) is 5.56 Å². The Morgan fingerprint density at radius 1 is 1.00 bits per heavy atom. The molecule has 0 aliphatic carbocycles. The third kappa shape index (κ3) is 2.76. The van der Waals surface area contributed by atoms with Gasteiger partial charge in [-0.2, -0.15) is 0 Å². The van der Waals surface area contributed by atoms with Crippen LogP contribution in [0.15, 0.2) is 53.4 Å².